The quantitative estimate of drug-likeness (QED) is 0.536. The van der Waals surface area contributed by atoms with E-state index in [-0.39, 0.29) is 17.8 Å². The van der Waals surface area contributed by atoms with Gasteiger partial charge in [0.1, 0.15) is 5.82 Å². The van der Waals surface area contributed by atoms with Crippen LogP contribution in [-0.4, -0.2) is 44.1 Å². The first kappa shape index (κ1) is 20.6. The molecule has 166 valence electrons. The van der Waals surface area contributed by atoms with Crippen molar-refractivity contribution in [2.24, 2.45) is 7.05 Å². The molecule has 0 N–H and O–H groups in total. The van der Waals surface area contributed by atoms with Gasteiger partial charge in [-0.1, -0.05) is 0 Å². The van der Waals surface area contributed by atoms with E-state index in [0.717, 1.165) is 60.0 Å². The number of carbonyl (C=O) groups excluding carboxylic acids is 1. The lowest BCUT2D eigenvalue weighted by atomic mass is 9.90. The van der Waals surface area contributed by atoms with Crippen molar-refractivity contribution in [3.8, 4) is 11.3 Å². The van der Waals surface area contributed by atoms with Crippen LogP contribution in [-0.2, 0) is 13.6 Å². The minimum absolute atomic E-state index is 0.133. The van der Waals surface area contributed by atoms with Gasteiger partial charge in [-0.25, -0.2) is 9.37 Å². The van der Waals surface area contributed by atoms with Gasteiger partial charge in [0.05, 0.1) is 35.9 Å². The molecule has 2 aliphatic heterocycles. The Labute approximate surface area is 186 Å². The normalized spacial score (nSPS) is 18.4. The van der Waals surface area contributed by atoms with Gasteiger partial charge in [0, 0.05) is 37.5 Å². The highest BCUT2D eigenvalue weighted by Crippen LogP contribution is 2.39. The molecule has 3 aromatic rings. The van der Waals surface area contributed by atoms with Gasteiger partial charge in [0.2, 0.25) is 0 Å². The third-order valence-electron chi connectivity index (χ3n) is 6.70. The lowest BCUT2D eigenvalue weighted by molar-refractivity contribution is 0.0781. The van der Waals surface area contributed by atoms with Gasteiger partial charge < -0.3 is 9.80 Å². The number of carbonyl (C=O) groups is 1. The summed E-state index contributed by atoms with van der Waals surface area (Å²) in [5.74, 6) is 0.320. The molecule has 0 radical (unpaired) electrons. The highest BCUT2D eigenvalue weighted by molar-refractivity contribution is 5.96. The average Bonchev–Trinajstić information content (AvgIpc) is 3.06. The second-order valence-corrected chi connectivity index (χ2v) is 8.79. The van der Waals surface area contributed by atoms with Gasteiger partial charge in [-0.3, -0.25) is 14.5 Å². The number of nitrogens with zero attached hydrogens (tertiary/aromatic N) is 6. The molecule has 0 aliphatic carbocycles. The Morgan fingerprint density at radius 3 is 2.78 bits per heavy atom. The number of rotatable bonds is 0. The number of piperidine rings is 1. The molecule has 1 amide bonds. The summed E-state index contributed by atoms with van der Waals surface area (Å²) in [6.07, 6.45) is 4.64. The Hall–Kier alpha value is -3.29. The van der Waals surface area contributed by atoms with Crippen molar-refractivity contribution in [2.45, 2.75) is 45.7 Å². The lowest BCUT2D eigenvalue weighted by Gasteiger charge is -2.38. The van der Waals surface area contributed by atoms with Crippen LogP contribution < -0.4 is 4.90 Å². The van der Waals surface area contributed by atoms with E-state index >= 15 is 0 Å². The maximum Gasteiger partial charge on any atom is 0.254 e. The zero-order valence-electron chi connectivity index (χ0n) is 18.9. The third-order valence-corrected chi connectivity index (χ3v) is 6.70. The SMILES string of the molecule is Cc1ncc2nc1N1CCCC[C@@H]1c1cc(F)ccc1C(=O)N(C)Cc1nn(C)c(C)c1-2. The van der Waals surface area contributed by atoms with E-state index in [9.17, 15) is 9.18 Å². The number of benzene rings is 1. The van der Waals surface area contributed by atoms with Crippen molar-refractivity contribution in [3.63, 3.8) is 0 Å². The molecule has 0 spiro atoms. The summed E-state index contributed by atoms with van der Waals surface area (Å²) >= 11 is 0. The Bertz CT molecular complexity index is 1220. The summed E-state index contributed by atoms with van der Waals surface area (Å²) in [7, 11) is 3.66. The summed E-state index contributed by atoms with van der Waals surface area (Å²) in [5.41, 5.74) is 5.46. The number of amides is 1. The van der Waals surface area contributed by atoms with Crippen molar-refractivity contribution < 1.29 is 9.18 Å². The molecular weight excluding hydrogens is 407 g/mol. The van der Waals surface area contributed by atoms with Crippen LogP contribution in [0.1, 0.15) is 58.3 Å². The number of anilines is 1. The first-order chi connectivity index (χ1) is 15.3. The van der Waals surface area contributed by atoms with E-state index in [0.29, 0.717) is 17.7 Å². The number of aryl methyl sites for hydroxylation is 2. The molecule has 2 aliphatic rings. The summed E-state index contributed by atoms with van der Waals surface area (Å²) in [5, 5.41) is 4.67. The van der Waals surface area contributed by atoms with Crippen molar-refractivity contribution in [2.75, 3.05) is 18.5 Å². The predicted molar refractivity (Wildman–Crippen MR) is 120 cm³/mol. The van der Waals surface area contributed by atoms with Crippen molar-refractivity contribution in [1.29, 1.82) is 0 Å². The topological polar surface area (TPSA) is 67.2 Å². The molecule has 5 rings (SSSR count). The van der Waals surface area contributed by atoms with Gasteiger partial charge in [-0.05, 0) is 56.9 Å². The molecule has 7 nitrogen and oxygen atoms in total. The molecule has 1 atom stereocenters. The second-order valence-electron chi connectivity index (χ2n) is 8.79. The van der Waals surface area contributed by atoms with Crippen LogP contribution in [0.5, 0.6) is 0 Å². The molecule has 32 heavy (non-hydrogen) atoms. The second kappa shape index (κ2) is 7.69. The number of aromatic nitrogens is 4. The molecule has 0 unspecified atom stereocenters. The van der Waals surface area contributed by atoms with Crippen molar-refractivity contribution >= 4 is 11.7 Å². The van der Waals surface area contributed by atoms with Gasteiger partial charge in [0.15, 0.2) is 5.82 Å². The monoisotopic (exact) mass is 434 g/mol. The number of halogens is 1. The highest BCUT2D eigenvalue weighted by atomic mass is 19.1. The minimum atomic E-state index is -0.337. The zero-order chi connectivity index (χ0) is 22.6. The maximum absolute atomic E-state index is 14.4. The summed E-state index contributed by atoms with van der Waals surface area (Å²) in [6.45, 7) is 5.06. The first-order valence-electron chi connectivity index (χ1n) is 11.0. The predicted octanol–water partition coefficient (Wildman–Crippen LogP) is 3.95. The largest absolute Gasteiger partial charge is 0.348 e. The van der Waals surface area contributed by atoms with Crippen LogP contribution in [0, 0.1) is 19.7 Å². The van der Waals surface area contributed by atoms with Gasteiger partial charge in [0.25, 0.3) is 5.91 Å². The molecule has 1 fully saturated rings. The third kappa shape index (κ3) is 3.25. The Morgan fingerprint density at radius 2 is 1.97 bits per heavy atom. The molecule has 8 heteroatoms. The van der Waals surface area contributed by atoms with E-state index in [2.05, 4.69) is 15.0 Å². The number of fused-ring (bicyclic) bond motifs is 8. The zero-order valence-corrected chi connectivity index (χ0v) is 18.9. The lowest BCUT2D eigenvalue weighted by Crippen LogP contribution is -2.37. The summed E-state index contributed by atoms with van der Waals surface area (Å²) in [4.78, 5) is 27.1. The Morgan fingerprint density at radius 1 is 1.16 bits per heavy atom. The molecular formula is C24H27FN6O. The van der Waals surface area contributed by atoms with Crippen LogP contribution in [0.4, 0.5) is 10.2 Å². The number of hydrogen-bond donors (Lipinski definition) is 0. The summed E-state index contributed by atoms with van der Waals surface area (Å²) in [6, 6.07) is 4.36. The standard InChI is InChI=1S/C24H27FN6O/c1-14-23-27-19(12-26-14)22-15(2)30(4)28-20(22)13-29(3)24(32)17-9-8-16(25)11-18(17)21-7-5-6-10-31(21)23/h8-9,11-12,21H,5-7,10,13H2,1-4H3/t21-/m1/s1. The van der Waals surface area contributed by atoms with E-state index in [1.165, 1.54) is 12.1 Å². The highest BCUT2D eigenvalue weighted by Gasteiger charge is 2.32. The smallest absolute Gasteiger partial charge is 0.254 e. The first-order valence-corrected chi connectivity index (χ1v) is 11.0. The van der Waals surface area contributed by atoms with Crippen LogP contribution in [0.2, 0.25) is 0 Å². The fourth-order valence-electron chi connectivity index (χ4n) is 4.97. The van der Waals surface area contributed by atoms with Crippen LogP contribution in [0.15, 0.2) is 24.4 Å². The van der Waals surface area contributed by atoms with Gasteiger partial charge in [-0.15, -0.1) is 0 Å². The summed E-state index contributed by atoms with van der Waals surface area (Å²) < 4.78 is 16.2. The van der Waals surface area contributed by atoms with Crippen molar-refractivity contribution in [1.82, 2.24) is 24.6 Å². The maximum atomic E-state index is 14.4. The molecule has 2 aromatic heterocycles. The van der Waals surface area contributed by atoms with Gasteiger partial charge >= 0.3 is 0 Å². The molecule has 1 saturated heterocycles. The fourth-order valence-corrected chi connectivity index (χ4v) is 4.97. The molecule has 1 aromatic carbocycles. The molecule has 4 heterocycles. The average molecular weight is 435 g/mol. The van der Waals surface area contributed by atoms with Gasteiger partial charge in [-0.2, -0.15) is 5.10 Å². The Kier molecular flexibility index (Phi) is 4.95. The fraction of sp³-hybridized carbons (Fsp3) is 0.417. The molecule has 0 saturated carbocycles. The van der Waals surface area contributed by atoms with E-state index in [1.807, 2.05) is 25.6 Å². The van der Waals surface area contributed by atoms with Crippen LogP contribution >= 0.6 is 0 Å². The van der Waals surface area contributed by atoms with E-state index < -0.39 is 0 Å². The number of hydrogen-bond acceptors (Lipinski definition) is 5. The van der Waals surface area contributed by atoms with Crippen LogP contribution in [0.25, 0.3) is 11.3 Å². The Balaban J connectivity index is 1.80. The minimum Gasteiger partial charge on any atom is -0.348 e. The van der Waals surface area contributed by atoms with E-state index in [4.69, 9.17) is 4.98 Å². The van der Waals surface area contributed by atoms with Crippen LogP contribution in [0.3, 0.4) is 0 Å². The van der Waals surface area contributed by atoms with E-state index in [1.54, 1.807) is 24.2 Å². The van der Waals surface area contributed by atoms with Crippen molar-refractivity contribution in [3.05, 3.63) is 58.4 Å². The molecule has 2 bridgehead atoms.